The van der Waals surface area contributed by atoms with Crippen molar-refractivity contribution in [3.05, 3.63) is 59.7 Å². The predicted molar refractivity (Wildman–Crippen MR) is 81.9 cm³/mol. The Hall–Kier alpha value is -2.09. The molecule has 2 aromatic rings. The molecule has 104 valence electrons. The lowest BCUT2D eigenvalue weighted by atomic mass is 9.96. The van der Waals surface area contributed by atoms with Crippen LogP contribution in [-0.2, 0) is 4.74 Å². The molecule has 0 atom stereocenters. The molecule has 0 unspecified atom stereocenters. The van der Waals surface area contributed by atoms with Crippen LogP contribution in [0.25, 0.3) is 11.1 Å². The topological polar surface area (TPSA) is 26.3 Å². The first-order valence-electron chi connectivity index (χ1n) is 7.00. The van der Waals surface area contributed by atoms with Crippen LogP contribution in [0.3, 0.4) is 0 Å². The van der Waals surface area contributed by atoms with E-state index in [9.17, 15) is 4.79 Å². The first kappa shape index (κ1) is 14.3. The van der Waals surface area contributed by atoms with Crippen LogP contribution < -0.4 is 0 Å². The van der Waals surface area contributed by atoms with Gasteiger partial charge in [-0.3, -0.25) is 0 Å². The molecule has 0 aromatic heterocycles. The highest BCUT2D eigenvalue weighted by Gasteiger charge is 2.13. The van der Waals surface area contributed by atoms with Gasteiger partial charge in [-0.25, -0.2) is 4.79 Å². The summed E-state index contributed by atoms with van der Waals surface area (Å²) in [4.78, 5) is 12.0. The number of ether oxygens (including phenoxy) is 1. The third-order valence-electron chi connectivity index (χ3n) is 3.31. The van der Waals surface area contributed by atoms with Gasteiger partial charge >= 0.3 is 5.97 Å². The standard InChI is InChI=1S/C18H20O2/c1-4-20-18(19)17-8-6-5-7-16(17)15-11-9-14(10-12-15)13(2)3/h5-13H,4H2,1-3H3. The summed E-state index contributed by atoms with van der Waals surface area (Å²) in [6, 6.07) is 15.9. The molecule has 2 nitrogen and oxygen atoms in total. The molecule has 0 saturated heterocycles. The van der Waals surface area contributed by atoms with E-state index in [4.69, 9.17) is 4.74 Å². The number of carbonyl (C=O) groups excluding carboxylic acids is 1. The average molecular weight is 268 g/mol. The normalized spacial score (nSPS) is 10.6. The van der Waals surface area contributed by atoms with Crippen LogP contribution in [0.2, 0.25) is 0 Å². The molecule has 0 fully saturated rings. The first-order chi connectivity index (χ1) is 9.63. The van der Waals surface area contributed by atoms with Gasteiger partial charge in [0.05, 0.1) is 12.2 Å². The molecular formula is C18H20O2. The van der Waals surface area contributed by atoms with Gasteiger partial charge in [0.15, 0.2) is 0 Å². The second-order valence-corrected chi connectivity index (χ2v) is 5.04. The van der Waals surface area contributed by atoms with Crippen LogP contribution >= 0.6 is 0 Å². The molecule has 0 radical (unpaired) electrons. The van der Waals surface area contributed by atoms with Gasteiger partial charge in [-0.15, -0.1) is 0 Å². The Labute approximate surface area is 120 Å². The summed E-state index contributed by atoms with van der Waals surface area (Å²) in [6.07, 6.45) is 0. The van der Waals surface area contributed by atoms with Crippen LogP contribution in [-0.4, -0.2) is 12.6 Å². The fourth-order valence-corrected chi connectivity index (χ4v) is 2.17. The lowest BCUT2D eigenvalue weighted by molar-refractivity contribution is 0.0527. The van der Waals surface area contributed by atoms with Crippen molar-refractivity contribution in [3.63, 3.8) is 0 Å². The van der Waals surface area contributed by atoms with Crippen molar-refractivity contribution in [3.8, 4) is 11.1 Å². The molecule has 0 heterocycles. The number of benzene rings is 2. The lowest BCUT2D eigenvalue weighted by Crippen LogP contribution is -2.06. The van der Waals surface area contributed by atoms with E-state index in [-0.39, 0.29) is 5.97 Å². The summed E-state index contributed by atoms with van der Waals surface area (Å²) in [5.74, 6) is 0.236. The molecule has 0 spiro atoms. The molecule has 0 aliphatic heterocycles. The Morgan fingerprint density at radius 1 is 1.05 bits per heavy atom. The average Bonchev–Trinajstić information content (AvgIpc) is 2.47. The molecule has 0 aliphatic rings. The second-order valence-electron chi connectivity index (χ2n) is 5.04. The highest BCUT2D eigenvalue weighted by Crippen LogP contribution is 2.26. The fourth-order valence-electron chi connectivity index (χ4n) is 2.17. The number of carbonyl (C=O) groups is 1. The van der Waals surface area contributed by atoms with Gasteiger partial charge in [-0.1, -0.05) is 56.3 Å². The Bertz CT molecular complexity index is 583. The minimum absolute atomic E-state index is 0.268. The molecule has 0 N–H and O–H groups in total. The number of rotatable bonds is 4. The summed E-state index contributed by atoms with van der Waals surface area (Å²) in [5.41, 5.74) is 3.87. The maximum atomic E-state index is 12.0. The molecule has 2 rings (SSSR count). The van der Waals surface area contributed by atoms with Crippen LogP contribution in [0.5, 0.6) is 0 Å². The molecule has 2 aromatic carbocycles. The van der Waals surface area contributed by atoms with Crippen molar-refractivity contribution >= 4 is 5.97 Å². The maximum absolute atomic E-state index is 12.0. The predicted octanol–water partition coefficient (Wildman–Crippen LogP) is 4.65. The second kappa shape index (κ2) is 6.38. The highest BCUT2D eigenvalue weighted by atomic mass is 16.5. The summed E-state index contributed by atoms with van der Waals surface area (Å²) in [7, 11) is 0. The lowest BCUT2D eigenvalue weighted by Gasteiger charge is -2.10. The van der Waals surface area contributed by atoms with Gasteiger partial charge in [0.25, 0.3) is 0 Å². The molecule has 0 amide bonds. The summed E-state index contributed by atoms with van der Waals surface area (Å²) in [6.45, 7) is 6.54. The van der Waals surface area contributed by atoms with E-state index in [1.807, 2.05) is 31.2 Å². The van der Waals surface area contributed by atoms with Crippen molar-refractivity contribution in [1.29, 1.82) is 0 Å². The van der Waals surface area contributed by atoms with Gasteiger partial charge in [0, 0.05) is 0 Å². The number of esters is 1. The Kier molecular flexibility index (Phi) is 4.57. The minimum atomic E-state index is -0.268. The van der Waals surface area contributed by atoms with Crippen molar-refractivity contribution < 1.29 is 9.53 Å². The SMILES string of the molecule is CCOC(=O)c1ccccc1-c1ccc(C(C)C)cc1. The third kappa shape index (κ3) is 3.08. The summed E-state index contributed by atoms with van der Waals surface area (Å²) in [5, 5.41) is 0. The maximum Gasteiger partial charge on any atom is 0.338 e. The van der Waals surface area contributed by atoms with E-state index >= 15 is 0 Å². The van der Waals surface area contributed by atoms with Crippen molar-refractivity contribution in [2.75, 3.05) is 6.61 Å². The molecular weight excluding hydrogens is 248 g/mol. The van der Waals surface area contributed by atoms with Gasteiger partial charge in [-0.2, -0.15) is 0 Å². The van der Waals surface area contributed by atoms with Gasteiger partial charge in [-0.05, 0) is 35.6 Å². The fraction of sp³-hybridized carbons (Fsp3) is 0.278. The number of hydrogen-bond donors (Lipinski definition) is 0. The van der Waals surface area contributed by atoms with Crippen LogP contribution in [0.1, 0.15) is 42.6 Å². The van der Waals surface area contributed by atoms with Crippen molar-refractivity contribution in [1.82, 2.24) is 0 Å². The molecule has 0 bridgehead atoms. The quantitative estimate of drug-likeness (QED) is 0.754. The minimum Gasteiger partial charge on any atom is -0.462 e. The van der Waals surface area contributed by atoms with Crippen molar-refractivity contribution in [2.45, 2.75) is 26.7 Å². The largest absolute Gasteiger partial charge is 0.462 e. The Balaban J connectivity index is 2.39. The zero-order valence-corrected chi connectivity index (χ0v) is 12.2. The zero-order chi connectivity index (χ0) is 14.5. The van der Waals surface area contributed by atoms with E-state index in [0.717, 1.165) is 11.1 Å². The van der Waals surface area contributed by atoms with E-state index < -0.39 is 0 Å². The first-order valence-corrected chi connectivity index (χ1v) is 7.00. The van der Waals surface area contributed by atoms with Crippen molar-refractivity contribution in [2.24, 2.45) is 0 Å². The van der Waals surface area contributed by atoms with Gasteiger partial charge in [0.2, 0.25) is 0 Å². The van der Waals surface area contributed by atoms with E-state index in [1.54, 1.807) is 0 Å². The smallest absolute Gasteiger partial charge is 0.338 e. The van der Waals surface area contributed by atoms with Crippen LogP contribution in [0, 0.1) is 0 Å². The van der Waals surface area contributed by atoms with Crippen LogP contribution in [0.4, 0.5) is 0 Å². The van der Waals surface area contributed by atoms with E-state index in [2.05, 4.69) is 38.1 Å². The highest BCUT2D eigenvalue weighted by molar-refractivity contribution is 5.97. The molecule has 20 heavy (non-hydrogen) atoms. The van der Waals surface area contributed by atoms with E-state index in [1.165, 1.54) is 5.56 Å². The molecule has 0 aliphatic carbocycles. The monoisotopic (exact) mass is 268 g/mol. The Morgan fingerprint density at radius 2 is 1.70 bits per heavy atom. The Morgan fingerprint density at radius 3 is 2.30 bits per heavy atom. The molecule has 2 heteroatoms. The van der Waals surface area contributed by atoms with Gasteiger partial charge < -0.3 is 4.74 Å². The zero-order valence-electron chi connectivity index (χ0n) is 12.2. The summed E-state index contributed by atoms with van der Waals surface area (Å²) >= 11 is 0. The van der Waals surface area contributed by atoms with E-state index in [0.29, 0.717) is 18.1 Å². The number of hydrogen-bond acceptors (Lipinski definition) is 2. The van der Waals surface area contributed by atoms with Crippen LogP contribution in [0.15, 0.2) is 48.5 Å². The molecule has 0 saturated carbocycles. The van der Waals surface area contributed by atoms with Gasteiger partial charge in [0.1, 0.15) is 0 Å². The summed E-state index contributed by atoms with van der Waals surface area (Å²) < 4.78 is 5.11. The third-order valence-corrected chi connectivity index (χ3v) is 3.31.